The van der Waals surface area contributed by atoms with E-state index >= 15 is 0 Å². The van der Waals surface area contributed by atoms with Gasteiger partial charge in [0.1, 0.15) is 0 Å². The molecular weight excluding hydrogens is 384 g/mol. The van der Waals surface area contributed by atoms with Gasteiger partial charge in [0.2, 0.25) is 5.91 Å². The van der Waals surface area contributed by atoms with E-state index in [1.807, 2.05) is 48.5 Å². The second-order valence-corrected chi connectivity index (χ2v) is 6.03. The number of anilines is 1. The monoisotopic (exact) mass is 396 g/mol. The lowest BCUT2D eigenvalue weighted by Crippen LogP contribution is -2.27. The number of hydrogen-bond donors (Lipinski definition) is 2. The van der Waals surface area contributed by atoms with Crippen LogP contribution >= 0.6 is 31.9 Å². The molecule has 2 aromatic carbocycles. The molecule has 0 spiro atoms. The number of carbonyl (C=O) groups excluding carboxylic acids is 1. The summed E-state index contributed by atoms with van der Waals surface area (Å²) in [5, 5.41) is 5.97. The van der Waals surface area contributed by atoms with Crippen LogP contribution in [0.4, 0.5) is 5.69 Å². The van der Waals surface area contributed by atoms with E-state index in [4.69, 9.17) is 0 Å². The van der Waals surface area contributed by atoms with Gasteiger partial charge in [-0.05, 0) is 45.8 Å². The van der Waals surface area contributed by atoms with Crippen molar-refractivity contribution in [1.82, 2.24) is 5.32 Å². The molecule has 0 radical (unpaired) electrons. The van der Waals surface area contributed by atoms with Crippen molar-refractivity contribution in [2.75, 3.05) is 11.9 Å². The molecule has 0 bridgehead atoms. The fourth-order valence-corrected chi connectivity index (χ4v) is 2.55. The maximum Gasteiger partial charge on any atom is 0.238 e. The summed E-state index contributed by atoms with van der Waals surface area (Å²) in [6, 6.07) is 15.5. The predicted octanol–water partition coefficient (Wildman–Crippen LogP) is 3.94. The van der Waals surface area contributed by atoms with E-state index in [9.17, 15) is 4.79 Å². The molecule has 3 nitrogen and oxygen atoms in total. The summed E-state index contributed by atoms with van der Waals surface area (Å²) < 4.78 is 1.91. The number of halogens is 2. The maximum atomic E-state index is 11.8. The standard InChI is InChI=1S/C15H14Br2N2O/c16-12-5-3-4-11(8-12)9-18-10-15(20)19-14-7-2-1-6-13(14)17/h1-8,18H,9-10H2,(H,19,20). The molecule has 104 valence electrons. The van der Waals surface area contributed by atoms with Crippen LogP contribution in [0.25, 0.3) is 0 Å². The van der Waals surface area contributed by atoms with Crippen LogP contribution in [0, 0.1) is 0 Å². The third-order valence-electron chi connectivity index (χ3n) is 2.65. The first-order valence-electron chi connectivity index (χ1n) is 6.15. The first kappa shape index (κ1) is 15.2. The van der Waals surface area contributed by atoms with Gasteiger partial charge in [0.15, 0.2) is 0 Å². The lowest BCUT2D eigenvalue weighted by Gasteiger charge is -2.08. The Balaban J connectivity index is 1.80. The molecule has 0 aliphatic carbocycles. The highest BCUT2D eigenvalue weighted by Crippen LogP contribution is 2.20. The quantitative estimate of drug-likeness (QED) is 0.802. The number of rotatable bonds is 5. The van der Waals surface area contributed by atoms with E-state index in [-0.39, 0.29) is 12.5 Å². The number of para-hydroxylation sites is 1. The lowest BCUT2D eigenvalue weighted by atomic mass is 10.2. The van der Waals surface area contributed by atoms with Crippen molar-refractivity contribution < 1.29 is 4.79 Å². The molecule has 0 aliphatic rings. The van der Waals surface area contributed by atoms with Gasteiger partial charge in [-0.15, -0.1) is 0 Å². The van der Waals surface area contributed by atoms with E-state index in [0.29, 0.717) is 6.54 Å². The van der Waals surface area contributed by atoms with Crippen molar-refractivity contribution in [3.63, 3.8) is 0 Å². The van der Waals surface area contributed by atoms with Crippen LogP contribution in [-0.4, -0.2) is 12.5 Å². The van der Waals surface area contributed by atoms with Gasteiger partial charge < -0.3 is 10.6 Å². The van der Waals surface area contributed by atoms with Crippen LogP contribution in [0.15, 0.2) is 57.5 Å². The zero-order valence-corrected chi connectivity index (χ0v) is 13.9. The zero-order valence-electron chi connectivity index (χ0n) is 10.7. The van der Waals surface area contributed by atoms with Crippen LogP contribution < -0.4 is 10.6 Å². The van der Waals surface area contributed by atoms with Gasteiger partial charge in [-0.1, -0.05) is 40.2 Å². The van der Waals surface area contributed by atoms with Crippen molar-refractivity contribution in [3.05, 3.63) is 63.0 Å². The van der Waals surface area contributed by atoms with Gasteiger partial charge in [0, 0.05) is 15.5 Å². The SMILES string of the molecule is O=C(CNCc1cccc(Br)c1)Nc1ccccc1Br. The molecule has 0 unspecified atom stereocenters. The van der Waals surface area contributed by atoms with Gasteiger partial charge in [-0.3, -0.25) is 4.79 Å². The number of hydrogen-bond acceptors (Lipinski definition) is 2. The minimum Gasteiger partial charge on any atom is -0.324 e. The molecule has 0 aliphatic heterocycles. The van der Waals surface area contributed by atoms with E-state index in [1.54, 1.807) is 0 Å². The summed E-state index contributed by atoms with van der Waals surface area (Å²) in [5.41, 5.74) is 1.91. The third-order valence-corrected chi connectivity index (χ3v) is 3.84. The molecule has 2 N–H and O–H groups in total. The van der Waals surface area contributed by atoms with E-state index in [0.717, 1.165) is 20.2 Å². The highest BCUT2D eigenvalue weighted by Gasteiger charge is 2.04. The largest absolute Gasteiger partial charge is 0.324 e. The number of nitrogens with one attached hydrogen (secondary N) is 2. The first-order valence-corrected chi connectivity index (χ1v) is 7.73. The Kier molecular flexibility index (Phi) is 5.76. The third kappa shape index (κ3) is 4.74. The second-order valence-electron chi connectivity index (χ2n) is 4.26. The van der Waals surface area contributed by atoms with Crippen LogP contribution in [-0.2, 0) is 11.3 Å². The molecule has 2 rings (SSSR count). The fourth-order valence-electron chi connectivity index (χ4n) is 1.72. The normalized spacial score (nSPS) is 10.3. The summed E-state index contributed by atoms with van der Waals surface area (Å²) in [4.78, 5) is 11.8. The summed E-state index contributed by atoms with van der Waals surface area (Å²) >= 11 is 6.82. The Bertz CT molecular complexity index is 602. The Morgan fingerprint density at radius 3 is 2.60 bits per heavy atom. The fraction of sp³-hybridized carbons (Fsp3) is 0.133. The van der Waals surface area contributed by atoms with Crippen molar-refractivity contribution in [3.8, 4) is 0 Å². The highest BCUT2D eigenvalue weighted by molar-refractivity contribution is 9.10. The summed E-state index contributed by atoms with van der Waals surface area (Å²) in [7, 11) is 0. The molecule has 20 heavy (non-hydrogen) atoms. The van der Waals surface area contributed by atoms with Gasteiger partial charge in [-0.2, -0.15) is 0 Å². The zero-order chi connectivity index (χ0) is 14.4. The predicted molar refractivity (Wildman–Crippen MR) is 88.6 cm³/mol. The smallest absolute Gasteiger partial charge is 0.238 e. The van der Waals surface area contributed by atoms with Crippen molar-refractivity contribution >= 4 is 43.5 Å². The molecule has 0 atom stereocenters. The second kappa shape index (κ2) is 7.57. The molecule has 5 heteroatoms. The van der Waals surface area contributed by atoms with Gasteiger partial charge >= 0.3 is 0 Å². The summed E-state index contributed by atoms with van der Waals surface area (Å²) in [6.45, 7) is 0.927. The van der Waals surface area contributed by atoms with Gasteiger partial charge in [-0.25, -0.2) is 0 Å². The Morgan fingerprint density at radius 2 is 1.85 bits per heavy atom. The molecule has 0 saturated heterocycles. The average Bonchev–Trinajstić information content (AvgIpc) is 2.41. The van der Waals surface area contributed by atoms with Crippen LogP contribution in [0.5, 0.6) is 0 Å². The average molecular weight is 398 g/mol. The minimum absolute atomic E-state index is 0.0631. The van der Waals surface area contributed by atoms with Gasteiger partial charge in [0.05, 0.1) is 12.2 Å². The summed E-state index contributed by atoms with van der Waals surface area (Å²) in [6.07, 6.45) is 0. The van der Waals surface area contributed by atoms with Crippen molar-refractivity contribution in [2.24, 2.45) is 0 Å². The minimum atomic E-state index is -0.0631. The number of amides is 1. The molecule has 0 heterocycles. The van der Waals surface area contributed by atoms with E-state index in [1.165, 1.54) is 0 Å². The van der Waals surface area contributed by atoms with Crippen molar-refractivity contribution in [2.45, 2.75) is 6.54 Å². The Hall–Kier alpha value is -1.17. The Morgan fingerprint density at radius 1 is 1.05 bits per heavy atom. The number of benzene rings is 2. The van der Waals surface area contributed by atoms with E-state index in [2.05, 4.69) is 42.5 Å². The molecule has 2 aromatic rings. The molecular formula is C15H14Br2N2O. The molecule has 0 fully saturated rings. The van der Waals surface area contributed by atoms with Crippen LogP contribution in [0.2, 0.25) is 0 Å². The first-order chi connectivity index (χ1) is 9.65. The van der Waals surface area contributed by atoms with Gasteiger partial charge in [0.25, 0.3) is 0 Å². The lowest BCUT2D eigenvalue weighted by molar-refractivity contribution is -0.115. The molecule has 1 amide bonds. The van der Waals surface area contributed by atoms with Crippen LogP contribution in [0.3, 0.4) is 0 Å². The maximum absolute atomic E-state index is 11.8. The molecule has 0 aromatic heterocycles. The number of carbonyl (C=O) groups is 1. The highest BCUT2D eigenvalue weighted by atomic mass is 79.9. The van der Waals surface area contributed by atoms with Crippen LogP contribution in [0.1, 0.15) is 5.56 Å². The summed E-state index contributed by atoms with van der Waals surface area (Å²) in [5.74, 6) is -0.0631. The molecule has 0 saturated carbocycles. The Labute approximate surface area is 135 Å². The topological polar surface area (TPSA) is 41.1 Å². The van der Waals surface area contributed by atoms with Crippen molar-refractivity contribution in [1.29, 1.82) is 0 Å². The van der Waals surface area contributed by atoms with E-state index < -0.39 is 0 Å².